The minimum Gasteiger partial charge on any atom is -0.492 e. The zero-order chi connectivity index (χ0) is 19.2. The van der Waals surface area contributed by atoms with Crippen LogP contribution < -0.4 is 15.4 Å². The maximum atomic E-state index is 13.0. The van der Waals surface area contributed by atoms with Gasteiger partial charge < -0.3 is 15.4 Å². The highest BCUT2D eigenvalue weighted by atomic mass is 32.2. The van der Waals surface area contributed by atoms with Gasteiger partial charge in [0.2, 0.25) is 15.9 Å². The van der Waals surface area contributed by atoms with Crippen LogP contribution in [0.25, 0.3) is 0 Å². The van der Waals surface area contributed by atoms with Gasteiger partial charge >= 0.3 is 0 Å². The molecule has 1 fully saturated rings. The molecule has 0 bridgehead atoms. The minimum atomic E-state index is -3.69. The summed E-state index contributed by atoms with van der Waals surface area (Å²) >= 11 is 0. The Morgan fingerprint density at radius 2 is 2.04 bits per heavy atom. The number of benzene rings is 1. The first-order chi connectivity index (χ1) is 12.4. The second-order valence-corrected chi connectivity index (χ2v) is 8.12. The van der Waals surface area contributed by atoms with Gasteiger partial charge in [0.15, 0.2) is 0 Å². The molecule has 1 amide bonds. The molecule has 0 aromatic heterocycles. The monoisotopic (exact) mass is 383 g/mol. The van der Waals surface area contributed by atoms with Crippen LogP contribution in [0.15, 0.2) is 23.1 Å². The van der Waals surface area contributed by atoms with Crippen molar-refractivity contribution in [3.8, 4) is 5.75 Å². The Labute approximate surface area is 156 Å². The molecule has 1 aromatic carbocycles. The first kappa shape index (κ1) is 20.7. The molecule has 2 N–H and O–H groups in total. The van der Waals surface area contributed by atoms with Gasteiger partial charge in [-0.05, 0) is 44.5 Å². The number of carbonyl (C=O) groups excluding carboxylic acids is 1. The Bertz CT molecular complexity index is 711. The molecule has 2 rings (SSSR count). The Kier molecular flexibility index (Phi) is 7.43. The third-order valence-electron chi connectivity index (χ3n) is 4.50. The predicted molar refractivity (Wildman–Crippen MR) is 102 cm³/mol. The van der Waals surface area contributed by atoms with Gasteiger partial charge in [-0.3, -0.25) is 4.79 Å². The van der Waals surface area contributed by atoms with E-state index >= 15 is 0 Å². The van der Waals surface area contributed by atoms with Crippen LogP contribution >= 0.6 is 0 Å². The normalized spacial score (nSPS) is 17.9. The second-order valence-electron chi connectivity index (χ2n) is 6.22. The molecule has 1 aromatic rings. The van der Waals surface area contributed by atoms with E-state index in [0.717, 1.165) is 19.4 Å². The first-order valence-corrected chi connectivity index (χ1v) is 10.7. The van der Waals surface area contributed by atoms with Crippen LogP contribution in [0.4, 0.5) is 5.69 Å². The molecule has 1 heterocycles. The summed E-state index contributed by atoms with van der Waals surface area (Å²) in [7, 11) is -3.69. The number of anilines is 1. The highest BCUT2D eigenvalue weighted by Crippen LogP contribution is 2.30. The van der Waals surface area contributed by atoms with Gasteiger partial charge in [-0.25, -0.2) is 8.42 Å². The van der Waals surface area contributed by atoms with Crippen molar-refractivity contribution >= 4 is 21.6 Å². The van der Waals surface area contributed by atoms with Gasteiger partial charge in [-0.2, -0.15) is 4.31 Å². The number of ether oxygens (including phenoxy) is 1. The zero-order valence-corrected chi connectivity index (χ0v) is 16.6. The molecule has 0 spiro atoms. The summed E-state index contributed by atoms with van der Waals surface area (Å²) in [5.74, 6) is 0.113. The van der Waals surface area contributed by atoms with Crippen molar-refractivity contribution in [2.75, 3.05) is 38.1 Å². The smallest absolute Gasteiger partial charge is 0.246 e. The van der Waals surface area contributed by atoms with Crippen LogP contribution in [0.1, 0.15) is 33.6 Å². The van der Waals surface area contributed by atoms with E-state index in [1.807, 2.05) is 0 Å². The highest BCUT2D eigenvalue weighted by Gasteiger charge is 2.27. The van der Waals surface area contributed by atoms with Crippen molar-refractivity contribution in [3.05, 3.63) is 18.2 Å². The van der Waals surface area contributed by atoms with Gasteiger partial charge in [0.25, 0.3) is 0 Å². The summed E-state index contributed by atoms with van der Waals surface area (Å²) in [5, 5.41) is 6.06. The lowest BCUT2D eigenvalue weighted by Crippen LogP contribution is -2.37. The van der Waals surface area contributed by atoms with Crippen LogP contribution in [-0.4, -0.2) is 51.4 Å². The van der Waals surface area contributed by atoms with Gasteiger partial charge in [0, 0.05) is 25.3 Å². The minimum absolute atomic E-state index is 0.0858. The molecule has 1 aliphatic rings. The molecule has 8 heteroatoms. The standard InChI is InChI=1S/C18H29N3O4S/c1-4-21(5-2)26(23,24)17-12-15(9-10-16(17)25-6-3)20-18(22)14-8-7-11-19-13-14/h9-10,12,14,19H,4-8,11,13H2,1-3H3,(H,20,22). The SMILES string of the molecule is CCOc1ccc(NC(=O)C2CCCNC2)cc1S(=O)(=O)N(CC)CC. The Morgan fingerprint density at radius 3 is 2.62 bits per heavy atom. The van der Waals surface area contributed by atoms with Gasteiger partial charge in [-0.15, -0.1) is 0 Å². The van der Waals surface area contributed by atoms with E-state index in [9.17, 15) is 13.2 Å². The number of amides is 1. The average Bonchev–Trinajstić information content (AvgIpc) is 2.64. The van der Waals surface area contributed by atoms with Crippen LogP contribution in [0.3, 0.4) is 0 Å². The topological polar surface area (TPSA) is 87.7 Å². The van der Waals surface area contributed by atoms with Crippen molar-refractivity contribution in [2.45, 2.75) is 38.5 Å². The maximum absolute atomic E-state index is 13.0. The number of carbonyl (C=O) groups is 1. The highest BCUT2D eigenvalue weighted by molar-refractivity contribution is 7.89. The van der Waals surface area contributed by atoms with E-state index in [4.69, 9.17) is 4.74 Å². The van der Waals surface area contributed by atoms with Crippen molar-refractivity contribution in [3.63, 3.8) is 0 Å². The van der Waals surface area contributed by atoms with Crippen LogP contribution in [0, 0.1) is 5.92 Å². The Morgan fingerprint density at radius 1 is 1.31 bits per heavy atom. The zero-order valence-electron chi connectivity index (χ0n) is 15.7. The lowest BCUT2D eigenvalue weighted by molar-refractivity contribution is -0.120. The maximum Gasteiger partial charge on any atom is 0.246 e. The fourth-order valence-corrected chi connectivity index (χ4v) is 4.70. The number of nitrogens with one attached hydrogen (secondary N) is 2. The van der Waals surface area contributed by atoms with Crippen molar-refractivity contribution in [2.24, 2.45) is 5.92 Å². The van der Waals surface area contributed by atoms with Crippen LogP contribution in [0.5, 0.6) is 5.75 Å². The molecule has 26 heavy (non-hydrogen) atoms. The largest absolute Gasteiger partial charge is 0.492 e. The first-order valence-electron chi connectivity index (χ1n) is 9.22. The third-order valence-corrected chi connectivity index (χ3v) is 6.57. The summed E-state index contributed by atoms with van der Waals surface area (Å²) in [6.45, 7) is 8.07. The van der Waals surface area contributed by atoms with E-state index in [0.29, 0.717) is 37.7 Å². The molecule has 1 saturated heterocycles. The van der Waals surface area contributed by atoms with E-state index in [1.54, 1.807) is 32.9 Å². The molecule has 1 unspecified atom stereocenters. The van der Waals surface area contributed by atoms with Gasteiger partial charge in [0.05, 0.1) is 12.5 Å². The van der Waals surface area contributed by atoms with Crippen LogP contribution in [-0.2, 0) is 14.8 Å². The number of hydrogen-bond donors (Lipinski definition) is 2. The predicted octanol–water partition coefficient (Wildman–Crippen LogP) is 2.05. The molecular formula is C18H29N3O4S. The quantitative estimate of drug-likeness (QED) is 0.717. The molecule has 0 aliphatic carbocycles. The Balaban J connectivity index is 2.31. The summed E-state index contributed by atoms with van der Waals surface area (Å²) in [6.07, 6.45) is 1.80. The van der Waals surface area contributed by atoms with Crippen molar-refractivity contribution < 1.29 is 17.9 Å². The number of sulfonamides is 1. The third kappa shape index (κ3) is 4.75. The van der Waals surface area contributed by atoms with E-state index in [2.05, 4.69) is 10.6 Å². The molecule has 0 radical (unpaired) electrons. The second kappa shape index (κ2) is 9.34. The fraction of sp³-hybridized carbons (Fsp3) is 0.611. The lowest BCUT2D eigenvalue weighted by Gasteiger charge is -2.23. The molecule has 7 nitrogen and oxygen atoms in total. The summed E-state index contributed by atoms with van der Waals surface area (Å²) in [6, 6.07) is 4.78. The molecular weight excluding hydrogens is 354 g/mol. The number of hydrogen-bond acceptors (Lipinski definition) is 5. The molecule has 0 saturated carbocycles. The van der Waals surface area contributed by atoms with Gasteiger partial charge in [0.1, 0.15) is 10.6 Å². The van der Waals surface area contributed by atoms with Crippen molar-refractivity contribution in [1.82, 2.24) is 9.62 Å². The Hall–Kier alpha value is -1.64. The number of piperidine rings is 1. The van der Waals surface area contributed by atoms with Crippen LogP contribution in [0.2, 0.25) is 0 Å². The lowest BCUT2D eigenvalue weighted by atomic mass is 9.99. The summed E-state index contributed by atoms with van der Waals surface area (Å²) < 4.78 is 32.8. The number of nitrogens with zero attached hydrogens (tertiary/aromatic N) is 1. The van der Waals surface area contributed by atoms with Crippen molar-refractivity contribution in [1.29, 1.82) is 0 Å². The molecule has 1 atom stereocenters. The molecule has 146 valence electrons. The summed E-state index contributed by atoms with van der Waals surface area (Å²) in [4.78, 5) is 12.5. The summed E-state index contributed by atoms with van der Waals surface area (Å²) in [5.41, 5.74) is 0.467. The van der Waals surface area contributed by atoms with E-state index < -0.39 is 10.0 Å². The van der Waals surface area contributed by atoms with Gasteiger partial charge in [-0.1, -0.05) is 13.8 Å². The van der Waals surface area contributed by atoms with E-state index in [-0.39, 0.29) is 16.7 Å². The average molecular weight is 384 g/mol. The number of rotatable bonds is 8. The fourth-order valence-electron chi connectivity index (χ4n) is 3.08. The molecule has 1 aliphatic heterocycles. The van der Waals surface area contributed by atoms with E-state index in [1.165, 1.54) is 10.4 Å².